The number of hydrogen-bond donors (Lipinski definition) is 1. The molecule has 0 saturated heterocycles. The van der Waals surface area contributed by atoms with Crippen molar-refractivity contribution in [2.24, 2.45) is 0 Å². The average Bonchev–Trinajstić information content (AvgIpc) is 2.59. The van der Waals surface area contributed by atoms with Crippen molar-refractivity contribution < 1.29 is 27.1 Å². The first-order valence-corrected chi connectivity index (χ1v) is 8.84. The van der Waals surface area contributed by atoms with Crippen molar-refractivity contribution in [1.82, 2.24) is 4.72 Å². The van der Waals surface area contributed by atoms with E-state index in [2.05, 4.69) is 4.72 Å². The van der Waals surface area contributed by atoms with Gasteiger partial charge in [0.25, 0.3) is 0 Å². The third-order valence-corrected chi connectivity index (χ3v) is 4.79. The number of methoxy groups -OCH3 is 1. The number of benzene rings is 2. The van der Waals surface area contributed by atoms with E-state index in [1.165, 1.54) is 37.4 Å². The topological polar surface area (TPSA) is 81.7 Å². The maximum absolute atomic E-state index is 13.2. The van der Waals surface area contributed by atoms with Crippen LogP contribution in [-0.2, 0) is 26.2 Å². The molecule has 0 spiro atoms. The van der Waals surface area contributed by atoms with Crippen LogP contribution in [0.3, 0.4) is 0 Å². The Kier molecular flexibility index (Phi) is 6.11. The standard InChI is InChI=1S/C17H18FNO5S/c1-12-3-6-15(7-4-12)25(21,22)19-10-17(20)24-11-13-9-14(18)5-8-16(13)23-2/h3-9,19H,10-11H2,1-2H3. The summed E-state index contributed by atoms with van der Waals surface area (Å²) in [6.07, 6.45) is 0. The zero-order valence-corrected chi connectivity index (χ0v) is 14.6. The third kappa shape index (κ3) is 5.27. The molecule has 25 heavy (non-hydrogen) atoms. The van der Waals surface area contributed by atoms with E-state index >= 15 is 0 Å². The van der Waals surface area contributed by atoms with Gasteiger partial charge in [0.1, 0.15) is 24.7 Å². The zero-order chi connectivity index (χ0) is 18.4. The molecule has 2 aromatic carbocycles. The molecule has 0 bridgehead atoms. The number of rotatable bonds is 7. The van der Waals surface area contributed by atoms with Gasteiger partial charge in [-0.2, -0.15) is 4.72 Å². The number of carbonyl (C=O) groups excluding carboxylic acids is 1. The molecule has 0 amide bonds. The van der Waals surface area contributed by atoms with Crippen LogP contribution in [-0.4, -0.2) is 28.0 Å². The lowest BCUT2D eigenvalue weighted by atomic mass is 10.2. The van der Waals surface area contributed by atoms with Crippen LogP contribution in [0.2, 0.25) is 0 Å². The molecular weight excluding hydrogens is 349 g/mol. The summed E-state index contributed by atoms with van der Waals surface area (Å²) in [6.45, 7) is 1.07. The summed E-state index contributed by atoms with van der Waals surface area (Å²) in [5, 5.41) is 0. The van der Waals surface area contributed by atoms with E-state index in [0.29, 0.717) is 11.3 Å². The Balaban J connectivity index is 1.92. The SMILES string of the molecule is COc1ccc(F)cc1COC(=O)CNS(=O)(=O)c1ccc(C)cc1. The molecule has 2 rings (SSSR count). The molecule has 0 aliphatic rings. The molecular formula is C17H18FNO5S. The second kappa shape index (κ2) is 8.09. The average molecular weight is 367 g/mol. The predicted molar refractivity (Wildman–Crippen MR) is 89.1 cm³/mol. The summed E-state index contributed by atoms with van der Waals surface area (Å²) in [4.78, 5) is 11.8. The maximum Gasteiger partial charge on any atom is 0.321 e. The zero-order valence-electron chi connectivity index (χ0n) is 13.8. The van der Waals surface area contributed by atoms with Gasteiger partial charge in [-0.05, 0) is 37.3 Å². The highest BCUT2D eigenvalue weighted by atomic mass is 32.2. The van der Waals surface area contributed by atoms with Crippen molar-refractivity contribution >= 4 is 16.0 Å². The molecule has 0 unspecified atom stereocenters. The van der Waals surface area contributed by atoms with Gasteiger partial charge in [-0.3, -0.25) is 4.79 Å². The molecule has 0 fully saturated rings. The van der Waals surface area contributed by atoms with E-state index in [4.69, 9.17) is 9.47 Å². The Labute approximate surface area is 145 Å². The van der Waals surface area contributed by atoms with E-state index in [0.717, 1.165) is 5.56 Å². The lowest BCUT2D eigenvalue weighted by Crippen LogP contribution is -2.30. The van der Waals surface area contributed by atoms with E-state index in [1.807, 2.05) is 6.92 Å². The van der Waals surface area contributed by atoms with Crippen LogP contribution in [0.15, 0.2) is 47.4 Å². The summed E-state index contributed by atoms with van der Waals surface area (Å²) in [5.41, 5.74) is 1.26. The lowest BCUT2D eigenvalue weighted by molar-refractivity contribution is -0.143. The molecule has 0 radical (unpaired) electrons. The van der Waals surface area contributed by atoms with Crippen molar-refractivity contribution in [3.8, 4) is 5.75 Å². The highest BCUT2D eigenvalue weighted by molar-refractivity contribution is 7.89. The minimum Gasteiger partial charge on any atom is -0.496 e. The van der Waals surface area contributed by atoms with E-state index < -0.39 is 28.4 Å². The predicted octanol–water partition coefficient (Wildman–Crippen LogP) is 2.16. The van der Waals surface area contributed by atoms with E-state index in [-0.39, 0.29) is 11.5 Å². The molecule has 2 aromatic rings. The highest BCUT2D eigenvalue weighted by Gasteiger charge is 2.16. The van der Waals surface area contributed by atoms with Crippen LogP contribution < -0.4 is 9.46 Å². The van der Waals surface area contributed by atoms with E-state index in [9.17, 15) is 17.6 Å². The van der Waals surface area contributed by atoms with Crippen molar-refractivity contribution in [2.45, 2.75) is 18.4 Å². The molecule has 0 aliphatic heterocycles. The highest BCUT2D eigenvalue weighted by Crippen LogP contribution is 2.20. The van der Waals surface area contributed by atoms with Crippen LogP contribution >= 0.6 is 0 Å². The molecule has 0 heterocycles. The summed E-state index contributed by atoms with van der Waals surface area (Å²) >= 11 is 0. The lowest BCUT2D eigenvalue weighted by Gasteiger charge is -2.10. The number of carbonyl (C=O) groups is 1. The van der Waals surface area contributed by atoms with Crippen LogP contribution in [0.25, 0.3) is 0 Å². The largest absolute Gasteiger partial charge is 0.496 e. The van der Waals surface area contributed by atoms with Gasteiger partial charge < -0.3 is 9.47 Å². The fourth-order valence-corrected chi connectivity index (χ4v) is 2.99. The number of ether oxygens (including phenoxy) is 2. The minimum atomic E-state index is -3.81. The molecule has 0 saturated carbocycles. The number of halogens is 1. The molecule has 6 nitrogen and oxygen atoms in total. The van der Waals surface area contributed by atoms with Crippen LogP contribution in [0, 0.1) is 12.7 Å². The fourth-order valence-electron chi connectivity index (χ4n) is 2.02. The smallest absolute Gasteiger partial charge is 0.321 e. The summed E-state index contributed by atoms with van der Waals surface area (Å²) < 4.78 is 49.6. The van der Waals surface area contributed by atoms with Gasteiger partial charge in [0.15, 0.2) is 0 Å². The Morgan fingerprint density at radius 1 is 1.16 bits per heavy atom. The summed E-state index contributed by atoms with van der Waals surface area (Å²) in [5.74, 6) is -0.914. The van der Waals surface area contributed by atoms with Crippen LogP contribution in [0.4, 0.5) is 4.39 Å². The van der Waals surface area contributed by atoms with Gasteiger partial charge in [-0.15, -0.1) is 0 Å². The van der Waals surface area contributed by atoms with E-state index in [1.54, 1.807) is 12.1 Å². The number of sulfonamides is 1. The molecule has 8 heteroatoms. The van der Waals surface area contributed by atoms with Crippen molar-refractivity contribution in [2.75, 3.05) is 13.7 Å². The number of hydrogen-bond acceptors (Lipinski definition) is 5. The van der Waals surface area contributed by atoms with Gasteiger partial charge in [-0.1, -0.05) is 17.7 Å². The van der Waals surface area contributed by atoms with Crippen LogP contribution in [0.1, 0.15) is 11.1 Å². The third-order valence-electron chi connectivity index (χ3n) is 3.37. The quantitative estimate of drug-likeness (QED) is 0.759. The van der Waals surface area contributed by atoms with Gasteiger partial charge in [0.05, 0.1) is 12.0 Å². The fraction of sp³-hybridized carbons (Fsp3) is 0.235. The Morgan fingerprint density at radius 3 is 2.48 bits per heavy atom. The molecule has 0 aromatic heterocycles. The second-order valence-electron chi connectivity index (χ2n) is 5.25. The first kappa shape index (κ1) is 18.9. The van der Waals surface area contributed by atoms with Gasteiger partial charge in [0, 0.05) is 5.56 Å². The minimum absolute atomic E-state index is 0.0534. The number of esters is 1. The van der Waals surface area contributed by atoms with Crippen molar-refractivity contribution in [3.05, 3.63) is 59.4 Å². The molecule has 134 valence electrons. The van der Waals surface area contributed by atoms with Gasteiger partial charge in [-0.25, -0.2) is 12.8 Å². The monoisotopic (exact) mass is 367 g/mol. The van der Waals surface area contributed by atoms with Crippen LogP contribution in [0.5, 0.6) is 5.75 Å². The van der Waals surface area contributed by atoms with Crippen molar-refractivity contribution in [1.29, 1.82) is 0 Å². The van der Waals surface area contributed by atoms with Crippen molar-refractivity contribution in [3.63, 3.8) is 0 Å². The molecule has 1 N–H and O–H groups in total. The second-order valence-corrected chi connectivity index (χ2v) is 7.02. The summed E-state index contributed by atoms with van der Waals surface area (Å²) in [7, 11) is -2.40. The molecule has 0 aliphatic carbocycles. The Bertz CT molecular complexity index is 850. The normalized spacial score (nSPS) is 11.2. The Morgan fingerprint density at radius 2 is 1.84 bits per heavy atom. The first-order valence-electron chi connectivity index (χ1n) is 7.36. The van der Waals surface area contributed by atoms with Gasteiger partial charge in [0.2, 0.25) is 10.0 Å². The molecule has 0 atom stereocenters. The Hall–Kier alpha value is -2.45. The summed E-state index contributed by atoms with van der Waals surface area (Å²) in [6, 6.07) is 10.0. The number of nitrogens with one attached hydrogen (secondary N) is 1. The first-order chi connectivity index (χ1) is 11.8. The van der Waals surface area contributed by atoms with Gasteiger partial charge >= 0.3 is 5.97 Å². The number of aryl methyl sites for hydroxylation is 1. The maximum atomic E-state index is 13.2.